The fraction of sp³-hybridized carbons (Fsp3) is 0.708. The summed E-state index contributed by atoms with van der Waals surface area (Å²) >= 11 is 0. The maximum Gasteiger partial charge on any atom is 0.311 e. The summed E-state index contributed by atoms with van der Waals surface area (Å²) in [4.78, 5) is 37.5. The number of rotatable bonds is 1. The molecular weight excluding hydrogens is 352 g/mol. The van der Waals surface area contributed by atoms with Crippen molar-refractivity contribution >= 4 is 17.5 Å². The van der Waals surface area contributed by atoms with Crippen LogP contribution in [0.5, 0.6) is 0 Å². The van der Waals surface area contributed by atoms with Gasteiger partial charge in [0.15, 0.2) is 5.78 Å². The van der Waals surface area contributed by atoms with E-state index in [4.69, 9.17) is 4.74 Å². The van der Waals surface area contributed by atoms with E-state index in [-0.39, 0.29) is 40.9 Å². The fourth-order valence-corrected chi connectivity index (χ4v) is 6.23. The first-order valence-corrected chi connectivity index (χ1v) is 10.6. The van der Waals surface area contributed by atoms with E-state index in [0.29, 0.717) is 18.8 Å². The Labute approximate surface area is 167 Å². The van der Waals surface area contributed by atoms with Gasteiger partial charge in [-0.2, -0.15) is 0 Å². The predicted molar refractivity (Wildman–Crippen MR) is 106 cm³/mol. The zero-order valence-electron chi connectivity index (χ0n) is 17.7. The first-order chi connectivity index (χ1) is 13.0. The highest BCUT2D eigenvalue weighted by Crippen LogP contribution is 2.63. The maximum absolute atomic E-state index is 13.0. The molecule has 4 aliphatic carbocycles. The maximum atomic E-state index is 13.0. The summed E-state index contributed by atoms with van der Waals surface area (Å²) in [5.41, 5.74) is 0.112. The SMILES string of the molecule is CC(C)(C)C(=O)OC1CC(=O)[C@@]2(C)CCC3C(C=CC4=CC(=O)CC[C@@]43C)C12. The van der Waals surface area contributed by atoms with Crippen molar-refractivity contribution < 1.29 is 19.1 Å². The minimum atomic E-state index is -0.579. The third kappa shape index (κ3) is 2.74. The van der Waals surface area contributed by atoms with Gasteiger partial charge in [0.2, 0.25) is 0 Å². The van der Waals surface area contributed by atoms with Crippen molar-refractivity contribution in [2.24, 2.45) is 34.0 Å². The van der Waals surface area contributed by atoms with E-state index in [1.54, 1.807) is 0 Å². The Bertz CT molecular complexity index is 798. The smallest absolute Gasteiger partial charge is 0.311 e. The van der Waals surface area contributed by atoms with Gasteiger partial charge >= 0.3 is 5.97 Å². The molecule has 4 rings (SSSR count). The first-order valence-electron chi connectivity index (χ1n) is 10.6. The molecule has 0 amide bonds. The Balaban J connectivity index is 1.71. The topological polar surface area (TPSA) is 60.4 Å². The number of ketones is 2. The molecule has 4 aliphatic rings. The van der Waals surface area contributed by atoms with Gasteiger partial charge in [-0.1, -0.05) is 26.0 Å². The molecule has 6 atom stereocenters. The standard InChI is InChI=1S/C24H32O4/c1-22(2,3)21(27)28-18-13-19(26)24(5)11-9-17-16(20(18)24)7-6-14-12-15(25)8-10-23(14,17)4/h6-7,12,16-18,20H,8-11,13H2,1-5H3/t16?,17?,18?,20?,23-,24+/m0/s1. The molecule has 0 aliphatic heterocycles. The van der Waals surface area contributed by atoms with Gasteiger partial charge in [0.1, 0.15) is 11.9 Å². The highest BCUT2D eigenvalue weighted by Gasteiger charge is 2.62. The molecule has 28 heavy (non-hydrogen) atoms. The number of hydrogen-bond acceptors (Lipinski definition) is 4. The van der Waals surface area contributed by atoms with Gasteiger partial charge in [-0.05, 0) is 68.9 Å². The summed E-state index contributed by atoms with van der Waals surface area (Å²) < 4.78 is 5.95. The molecule has 0 spiro atoms. The molecule has 152 valence electrons. The van der Waals surface area contributed by atoms with Crippen LogP contribution in [0.25, 0.3) is 0 Å². The van der Waals surface area contributed by atoms with Crippen LogP contribution in [0.4, 0.5) is 0 Å². The summed E-state index contributed by atoms with van der Waals surface area (Å²) in [6.45, 7) is 9.92. The Morgan fingerprint density at radius 1 is 1.14 bits per heavy atom. The summed E-state index contributed by atoms with van der Waals surface area (Å²) in [6.07, 6.45) is 9.40. The summed E-state index contributed by atoms with van der Waals surface area (Å²) in [7, 11) is 0. The second-order valence-corrected chi connectivity index (χ2v) is 10.8. The third-order valence-electron chi connectivity index (χ3n) is 8.07. The van der Waals surface area contributed by atoms with Gasteiger partial charge in [-0.15, -0.1) is 0 Å². The van der Waals surface area contributed by atoms with Gasteiger partial charge in [0.05, 0.1) is 5.41 Å². The molecule has 0 radical (unpaired) electrons. The molecule has 0 aromatic heterocycles. The number of carbonyl (C=O) groups excluding carboxylic acids is 3. The largest absolute Gasteiger partial charge is 0.461 e. The van der Waals surface area contributed by atoms with Crippen molar-refractivity contribution in [1.29, 1.82) is 0 Å². The average Bonchev–Trinajstić information content (AvgIpc) is 2.85. The number of hydrogen-bond donors (Lipinski definition) is 0. The second-order valence-electron chi connectivity index (χ2n) is 10.8. The van der Waals surface area contributed by atoms with E-state index in [9.17, 15) is 14.4 Å². The number of carbonyl (C=O) groups is 3. The monoisotopic (exact) mass is 384 g/mol. The average molecular weight is 385 g/mol. The molecule has 2 saturated carbocycles. The summed E-state index contributed by atoms with van der Waals surface area (Å²) in [5, 5.41) is 0. The predicted octanol–water partition coefficient (Wildman–Crippen LogP) is 4.43. The number of ether oxygens (including phenoxy) is 1. The number of esters is 1. The zero-order chi connectivity index (χ0) is 20.5. The normalized spacial score (nSPS) is 42.4. The van der Waals surface area contributed by atoms with Crippen LogP contribution in [0.1, 0.15) is 66.7 Å². The minimum Gasteiger partial charge on any atom is -0.461 e. The number of fused-ring (bicyclic) bond motifs is 5. The van der Waals surface area contributed by atoms with E-state index in [1.807, 2.05) is 26.8 Å². The van der Waals surface area contributed by atoms with E-state index in [0.717, 1.165) is 24.8 Å². The minimum absolute atomic E-state index is 0.0253. The molecule has 4 unspecified atom stereocenters. The molecule has 0 bridgehead atoms. The van der Waals surface area contributed by atoms with Crippen molar-refractivity contribution in [3.05, 3.63) is 23.8 Å². The molecule has 0 aromatic carbocycles. The fourth-order valence-electron chi connectivity index (χ4n) is 6.23. The van der Waals surface area contributed by atoms with Crippen molar-refractivity contribution in [1.82, 2.24) is 0 Å². The van der Waals surface area contributed by atoms with Crippen molar-refractivity contribution in [2.45, 2.75) is 72.8 Å². The van der Waals surface area contributed by atoms with Crippen LogP contribution < -0.4 is 0 Å². The second kappa shape index (κ2) is 6.14. The Hall–Kier alpha value is -1.71. The van der Waals surface area contributed by atoms with Crippen LogP contribution in [0, 0.1) is 34.0 Å². The molecule has 2 fully saturated rings. The number of Topliss-reactive ketones (excluding diaryl/α,β-unsaturated/α-hetero) is 1. The van der Waals surface area contributed by atoms with Gasteiger partial charge in [0, 0.05) is 24.2 Å². The van der Waals surface area contributed by atoms with Gasteiger partial charge in [-0.25, -0.2) is 0 Å². The lowest BCUT2D eigenvalue weighted by Crippen LogP contribution is -2.51. The van der Waals surface area contributed by atoms with Gasteiger partial charge in [0.25, 0.3) is 0 Å². The molecule has 0 saturated heterocycles. The van der Waals surface area contributed by atoms with E-state index >= 15 is 0 Å². The van der Waals surface area contributed by atoms with E-state index in [1.165, 1.54) is 0 Å². The highest BCUT2D eigenvalue weighted by molar-refractivity contribution is 5.92. The summed E-state index contributed by atoms with van der Waals surface area (Å²) in [5.74, 6) is 0.837. The first kappa shape index (κ1) is 19.6. The quantitative estimate of drug-likeness (QED) is 0.628. The lowest BCUT2D eigenvalue weighted by Gasteiger charge is -2.55. The van der Waals surface area contributed by atoms with Crippen LogP contribution in [-0.4, -0.2) is 23.6 Å². The van der Waals surface area contributed by atoms with Crippen LogP contribution in [0.2, 0.25) is 0 Å². The number of allylic oxidation sites excluding steroid dienone is 4. The molecular formula is C24H32O4. The zero-order valence-corrected chi connectivity index (χ0v) is 17.7. The van der Waals surface area contributed by atoms with Crippen LogP contribution in [-0.2, 0) is 19.1 Å². The Morgan fingerprint density at radius 3 is 2.54 bits per heavy atom. The van der Waals surface area contributed by atoms with Crippen molar-refractivity contribution in [2.75, 3.05) is 0 Å². The van der Waals surface area contributed by atoms with E-state index < -0.39 is 10.8 Å². The molecule has 0 N–H and O–H groups in total. The van der Waals surface area contributed by atoms with Crippen LogP contribution in [0.15, 0.2) is 23.8 Å². The molecule has 0 heterocycles. The summed E-state index contributed by atoms with van der Waals surface area (Å²) in [6, 6.07) is 0. The Morgan fingerprint density at radius 2 is 1.86 bits per heavy atom. The lowest BCUT2D eigenvalue weighted by atomic mass is 9.49. The molecule has 4 heteroatoms. The lowest BCUT2D eigenvalue weighted by molar-refractivity contribution is -0.165. The molecule has 0 aromatic rings. The van der Waals surface area contributed by atoms with Crippen LogP contribution >= 0.6 is 0 Å². The molecule has 4 nitrogen and oxygen atoms in total. The van der Waals surface area contributed by atoms with Gasteiger partial charge in [-0.3, -0.25) is 14.4 Å². The van der Waals surface area contributed by atoms with E-state index in [2.05, 4.69) is 26.0 Å². The van der Waals surface area contributed by atoms with Crippen molar-refractivity contribution in [3.8, 4) is 0 Å². The van der Waals surface area contributed by atoms with Gasteiger partial charge < -0.3 is 4.74 Å². The van der Waals surface area contributed by atoms with Crippen LogP contribution in [0.3, 0.4) is 0 Å². The third-order valence-corrected chi connectivity index (χ3v) is 8.07. The Kier molecular flexibility index (Phi) is 4.30. The highest BCUT2D eigenvalue weighted by atomic mass is 16.5. The van der Waals surface area contributed by atoms with Crippen molar-refractivity contribution in [3.63, 3.8) is 0 Å².